The lowest BCUT2D eigenvalue weighted by molar-refractivity contribution is -0.385. The molecule has 0 amide bonds. The molecule has 0 radical (unpaired) electrons. The molecular formula is C11H9NO5. The van der Waals surface area contributed by atoms with Crippen LogP contribution in [0.25, 0.3) is 0 Å². The van der Waals surface area contributed by atoms with E-state index in [0.717, 1.165) is 0 Å². The average molecular weight is 235 g/mol. The van der Waals surface area contributed by atoms with E-state index in [0.29, 0.717) is 0 Å². The number of phenols is 1. The highest BCUT2D eigenvalue weighted by Crippen LogP contribution is 2.28. The van der Waals surface area contributed by atoms with E-state index >= 15 is 0 Å². The summed E-state index contributed by atoms with van der Waals surface area (Å²) in [4.78, 5) is 20.6. The standard InChI is InChI=1S/C11H9NO5/c1-17-10(13)7-3-5-8-4-2-6-9(11(8)14)12(15)16/h2,4,6,14H,7H2,1H3. The summed E-state index contributed by atoms with van der Waals surface area (Å²) >= 11 is 0. The normalized spacial score (nSPS) is 9.00. The Balaban J connectivity index is 2.96. The molecule has 0 unspecified atom stereocenters. The third-order valence-corrected chi connectivity index (χ3v) is 1.89. The first-order valence-corrected chi connectivity index (χ1v) is 4.58. The minimum Gasteiger partial charge on any atom is -0.501 e. The Bertz CT molecular complexity index is 512. The van der Waals surface area contributed by atoms with Crippen molar-refractivity contribution in [2.75, 3.05) is 7.11 Å². The fraction of sp³-hybridized carbons (Fsp3) is 0.182. The second-order valence-corrected chi connectivity index (χ2v) is 2.99. The third-order valence-electron chi connectivity index (χ3n) is 1.89. The number of aromatic hydroxyl groups is 1. The Morgan fingerprint density at radius 1 is 1.59 bits per heavy atom. The highest BCUT2D eigenvalue weighted by Gasteiger charge is 2.14. The minimum atomic E-state index is -0.708. The monoisotopic (exact) mass is 235 g/mol. The van der Waals surface area contributed by atoms with E-state index in [1.165, 1.54) is 25.3 Å². The van der Waals surface area contributed by atoms with Crippen molar-refractivity contribution in [2.45, 2.75) is 6.42 Å². The number of ether oxygens (including phenoxy) is 1. The zero-order valence-electron chi connectivity index (χ0n) is 8.97. The maximum atomic E-state index is 10.8. The van der Waals surface area contributed by atoms with Gasteiger partial charge in [-0.15, -0.1) is 0 Å². The number of benzene rings is 1. The van der Waals surface area contributed by atoms with Crippen molar-refractivity contribution in [3.8, 4) is 17.6 Å². The molecule has 0 fully saturated rings. The SMILES string of the molecule is COC(=O)CC#Cc1cccc([N+](=O)[O-])c1O. The van der Waals surface area contributed by atoms with Crippen LogP contribution in [0.4, 0.5) is 5.69 Å². The van der Waals surface area contributed by atoms with Gasteiger partial charge >= 0.3 is 11.7 Å². The maximum Gasteiger partial charge on any atom is 0.317 e. The molecular weight excluding hydrogens is 226 g/mol. The van der Waals surface area contributed by atoms with Crippen LogP contribution >= 0.6 is 0 Å². The van der Waals surface area contributed by atoms with Crippen LogP contribution in [0.3, 0.4) is 0 Å². The summed E-state index contributed by atoms with van der Waals surface area (Å²) in [6, 6.07) is 3.99. The summed E-state index contributed by atoms with van der Waals surface area (Å²) in [6.45, 7) is 0. The molecule has 6 nitrogen and oxygen atoms in total. The molecule has 6 heteroatoms. The molecule has 0 aliphatic heterocycles. The Kier molecular flexibility index (Phi) is 4.06. The van der Waals surface area contributed by atoms with Crippen molar-refractivity contribution in [2.24, 2.45) is 0 Å². The van der Waals surface area contributed by atoms with Gasteiger partial charge in [-0.3, -0.25) is 14.9 Å². The van der Waals surface area contributed by atoms with Crippen LogP contribution in [-0.2, 0) is 9.53 Å². The van der Waals surface area contributed by atoms with Crippen molar-refractivity contribution in [1.29, 1.82) is 0 Å². The van der Waals surface area contributed by atoms with E-state index in [4.69, 9.17) is 0 Å². The second kappa shape index (κ2) is 5.51. The van der Waals surface area contributed by atoms with Gasteiger partial charge in [0, 0.05) is 6.07 Å². The lowest BCUT2D eigenvalue weighted by atomic mass is 10.1. The predicted molar refractivity (Wildman–Crippen MR) is 58.3 cm³/mol. The Hall–Kier alpha value is -2.55. The zero-order valence-corrected chi connectivity index (χ0v) is 8.97. The Labute approximate surface area is 97.0 Å². The van der Waals surface area contributed by atoms with Crippen LogP contribution in [0, 0.1) is 22.0 Å². The number of para-hydroxylation sites is 1. The van der Waals surface area contributed by atoms with Gasteiger partial charge < -0.3 is 9.84 Å². The minimum absolute atomic E-state index is 0.100. The van der Waals surface area contributed by atoms with Crippen LogP contribution in [0.1, 0.15) is 12.0 Å². The Morgan fingerprint density at radius 3 is 2.88 bits per heavy atom. The van der Waals surface area contributed by atoms with Crippen molar-refractivity contribution >= 4 is 11.7 Å². The van der Waals surface area contributed by atoms with Gasteiger partial charge in [0.05, 0.1) is 17.6 Å². The molecule has 0 bridgehead atoms. The molecule has 0 aromatic heterocycles. The summed E-state index contributed by atoms with van der Waals surface area (Å²) in [5.41, 5.74) is -0.321. The maximum absolute atomic E-state index is 10.8. The fourth-order valence-electron chi connectivity index (χ4n) is 1.06. The van der Waals surface area contributed by atoms with Gasteiger partial charge in [0.25, 0.3) is 0 Å². The van der Waals surface area contributed by atoms with Crippen molar-refractivity contribution in [3.63, 3.8) is 0 Å². The molecule has 1 aromatic carbocycles. The number of hydrogen-bond donors (Lipinski definition) is 1. The number of nitro benzene ring substituents is 1. The van der Waals surface area contributed by atoms with Crippen LogP contribution in [-0.4, -0.2) is 23.1 Å². The first-order valence-electron chi connectivity index (χ1n) is 4.58. The van der Waals surface area contributed by atoms with Gasteiger partial charge in [-0.2, -0.15) is 0 Å². The number of hydrogen-bond acceptors (Lipinski definition) is 5. The number of rotatable bonds is 2. The molecule has 1 aromatic rings. The van der Waals surface area contributed by atoms with Gasteiger partial charge in [-0.25, -0.2) is 0 Å². The summed E-state index contributed by atoms with van der Waals surface area (Å²) in [7, 11) is 1.23. The zero-order chi connectivity index (χ0) is 12.8. The van der Waals surface area contributed by atoms with Gasteiger partial charge in [-0.05, 0) is 6.07 Å². The van der Waals surface area contributed by atoms with E-state index in [9.17, 15) is 20.0 Å². The lowest BCUT2D eigenvalue weighted by Gasteiger charge is -1.97. The molecule has 0 saturated carbocycles. The number of nitrogens with zero attached hydrogens (tertiary/aromatic N) is 1. The van der Waals surface area contributed by atoms with Crippen LogP contribution in [0.15, 0.2) is 18.2 Å². The highest BCUT2D eigenvalue weighted by molar-refractivity contribution is 5.72. The molecule has 88 valence electrons. The van der Waals surface area contributed by atoms with Crippen LogP contribution in [0.5, 0.6) is 5.75 Å². The van der Waals surface area contributed by atoms with Gasteiger partial charge in [0.2, 0.25) is 5.75 Å². The smallest absolute Gasteiger partial charge is 0.317 e. The third kappa shape index (κ3) is 3.21. The summed E-state index contributed by atoms with van der Waals surface area (Å²) in [5.74, 6) is 3.90. The summed E-state index contributed by atoms with van der Waals surface area (Å²) in [6.07, 6.45) is -0.140. The number of phenolic OH excluding ortho intramolecular Hbond substituents is 1. The van der Waals surface area contributed by atoms with E-state index in [2.05, 4.69) is 16.6 Å². The van der Waals surface area contributed by atoms with E-state index in [1.807, 2.05) is 0 Å². The quantitative estimate of drug-likeness (QED) is 0.360. The van der Waals surface area contributed by atoms with Crippen LogP contribution < -0.4 is 0 Å². The van der Waals surface area contributed by atoms with Crippen LogP contribution in [0.2, 0.25) is 0 Å². The van der Waals surface area contributed by atoms with Gasteiger partial charge in [0.15, 0.2) is 0 Å². The molecule has 0 heterocycles. The fourth-order valence-corrected chi connectivity index (χ4v) is 1.06. The molecule has 1 rings (SSSR count). The van der Waals surface area contributed by atoms with E-state index in [-0.39, 0.29) is 12.0 Å². The van der Waals surface area contributed by atoms with Crippen molar-refractivity contribution < 1.29 is 19.6 Å². The number of carbonyl (C=O) groups is 1. The number of carbonyl (C=O) groups excluding carboxylic acids is 1. The number of methoxy groups -OCH3 is 1. The number of esters is 1. The Morgan fingerprint density at radius 2 is 2.29 bits per heavy atom. The van der Waals surface area contributed by atoms with Crippen molar-refractivity contribution in [1.82, 2.24) is 0 Å². The van der Waals surface area contributed by atoms with E-state index < -0.39 is 22.3 Å². The highest BCUT2D eigenvalue weighted by atomic mass is 16.6. The first kappa shape index (κ1) is 12.5. The average Bonchev–Trinajstić information content (AvgIpc) is 2.30. The predicted octanol–water partition coefficient (Wildman–Crippen LogP) is 1.21. The molecule has 0 saturated heterocycles. The number of nitro groups is 1. The van der Waals surface area contributed by atoms with E-state index in [1.54, 1.807) is 0 Å². The molecule has 0 aliphatic carbocycles. The first-order chi connectivity index (χ1) is 8.06. The van der Waals surface area contributed by atoms with Gasteiger partial charge in [-0.1, -0.05) is 17.9 Å². The van der Waals surface area contributed by atoms with Crippen molar-refractivity contribution in [3.05, 3.63) is 33.9 Å². The topological polar surface area (TPSA) is 89.7 Å². The molecule has 17 heavy (non-hydrogen) atoms. The second-order valence-electron chi connectivity index (χ2n) is 2.99. The summed E-state index contributed by atoms with van der Waals surface area (Å²) < 4.78 is 4.37. The molecule has 1 N–H and O–H groups in total. The largest absolute Gasteiger partial charge is 0.501 e. The molecule has 0 atom stereocenters. The lowest BCUT2D eigenvalue weighted by Crippen LogP contribution is -1.97. The molecule has 0 spiro atoms. The molecule has 0 aliphatic rings. The van der Waals surface area contributed by atoms with Gasteiger partial charge in [0.1, 0.15) is 6.42 Å². The summed E-state index contributed by atoms with van der Waals surface area (Å²) in [5, 5.41) is 20.0.